The molecule has 1 aliphatic heterocycles. The number of phenolic OH excluding ortho intramolecular Hbond substituents is 1. The van der Waals surface area contributed by atoms with Gasteiger partial charge in [0.15, 0.2) is 11.5 Å². The number of methoxy groups -OCH3 is 1. The van der Waals surface area contributed by atoms with Crippen LogP contribution in [0.4, 0.5) is 14.5 Å². The van der Waals surface area contributed by atoms with E-state index in [1.54, 1.807) is 24.3 Å². The summed E-state index contributed by atoms with van der Waals surface area (Å²) in [6.45, 7) is 1.39. The highest BCUT2D eigenvalue weighted by atomic mass is 19.3. The molecule has 0 aromatic heterocycles. The van der Waals surface area contributed by atoms with Crippen LogP contribution in [0.3, 0.4) is 0 Å². The molecule has 0 atom stereocenters. The number of hydrogen-bond donors (Lipinski definition) is 1. The second-order valence-electron chi connectivity index (χ2n) is 6.14. The van der Waals surface area contributed by atoms with Gasteiger partial charge in [0, 0.05) is 38.4 Å². The van der Waals surface area contributed by atoms with Crippen LogP contribution < -0.4 is 14.4 Å². The summed E-state index contributed by atoms with van der Waals surface area (Å²) in [7, 11) is 1.44. The zero-order valence-corrected chi connectivity index (χ0v) is 14.6. The van der Waals surface area contributed by atoms with Gasteiger partial charge in [-0.3, -0.25) is 4.90 Å². The Bertz CT molecular complexity index is 717. The minimum Gasteiger partial charge on any atom is -0.508 e. The molecule has 1 aliphatic rings. The molecule has 0 bridgehead atoms. The fraction of sp³-hybridized carbons (Fsp3) is 0.368. The molecule has 1 heterocycles. The average Bonchev–Trinajstić information content (AvgIpc) is 2.64. The predicted molar refractivity (Wildman–Crippen MR) is 95.2 cm³/mol. The largest absolute Gasteiger partial charge is 0.508 e. The molecule has 0 aliphatic carbocycles. The fourth-order valence-corrected chi connectivity index (χ4v) is 3.09. The minimum absolute atomic E-state index is 0.0448. The first-order chi connectivity index (χ1) is 12.5. The van der Waals surface area contributed by atoms with Crippen molar-refractivity contribution in [1.82, 2.24) is 4.90 Å². The summed E-state index contributed by atoms with van der Waals surface area (Å²) in [4.78, 5) is 4.58. The zero-order chi connectivity index (χ0) is 18.5. The fourth-order valence-electron chi connectivity index (χ4n) is 3.09. The topological polar surface area (TPSA) is 45.2 Å². The molecule has 140 valence electrons. The summed E-state index contributed by atoms with van der Waals surface area (Å²) in [5.74, 6) is 0.620. The van der Waals surface area contributed by atoms with E-state index in [1.165, 1.54) is 13.2 Å². The van der Waals surface area contributed by atoms with Gasteiger partial charge in [0.1, 0.15) is 5.75 Å². The highest BCUT2D eigenvalue weighted by molar-refractivity contribution is 5.49. The van der Waals surface area contributed by atoms with Gasteiger partial charge in [-0.15, -0.1) is 0 Å². The molecule has 0 spiro atoms. The zero-order valence-electron chi connectivity index (χ0n) is 14.6. The first-order valence-electron chi connectivity index (χ1n) is 8.43. The Balaban J connectivity index is 1.58. The maximum atomic E-state index is 12.4. The molecule has 0 amide bonds. The third-order valence-electron chi connectivity index (χ3n) is 4.44. The number of rotatable bonds is 6. The third kappa shape index (κ3) is 4.54. The van der Waals surface area contributed by atoms with Crippen molar-refractivity contribution in [3.63, 3.8) is 0 Å². The summed E-state index contributed by atoms with van der Waals surface area (Å²) in [6.07, 6.45) is 0. The number of hydrogen-bond acceptors (Lipinski definition) is 5. The summed E-state index contributed by atoms with van der Waals surface area (Å²) in [5, 5.41) is 9.38. The van der Waals surface area contributed by atoms with Crippen LogP contribution in [-0.4, -0.2) is 49.9 Å². The highest BCUT2D eigenvalue weighted by Gasteiger charge is 2.18. The average molecular weight is 364 g/mol. The smallest absolute Gasteiger partial charge is 0.387 e. The molecular weight excluding hydrogens is 342 g/mol. The number of alkyl halides is 2. The van der Waals surface area contributed by atoms with Crippen molar-refractivity contribution in [3.8, 4) is 17.2 Å². The number of anilines is 1. The summed E-state index contributed by atoms with van der Waals surface area (Å²) in [6, 6.07) is 12.3. The maximum Gasteiger partial charge on any atom is 0.387 e. The Hall–Kier alpha value is -2.54. The van der Waals surface area contributed by atoms with Gasteiger partial charge < -0.3 is 19.5 Å². The molecule has 0 unspecified atom stereocenters. The van der Waals surface area contributed by atoms with Crippen molar-refractivity contribution >= 4 is 5.69 Å². The van der Waals surface area contributed by atoms with Gasteiger partial charge >= 0.3 is 6.61 Å². The molecule has 3 rings (SSSR count). The first-order valence-corrected chi connectivity index (χ1v) is 8.43. The quantitative estimate of drug-likeness (QED) is 0.852. The van der Waals surface area contributed by atoms with Gasteiger partial charge in [0.05, 0.1) is 7.11 Å². The minimum atomic E-state index is -2.87. The van der Waals surface area contributed by atoms with Crippen molar-refractivity contribution in [2.45, 2.75) is 13.2 Å². The Morgan fingerprint density at radius 2 is 1.69 bits per heavy atom. The van der Waals surface area contributed by atoms with Crippen molar-refractivity contribution in [1.29, 1.82) is 0 Å². The van der Waals surface area contributed by atoms with Crippen LogP contribution in [0.2, 0.25) is 0 Å². The number of phenols is 1. The van der Waals surface area contributed by atoms with Crippen LogP contribution in [-0.2, 0) is 6.54 Å². The number of halogens is 2. The molecule has 1 saturated heterocycles. The highest BCUT2D eigenvalue weighted by Crippen LogP contribution is 2.30. The van der Waals surface area contributed by atoms with Crippen molar-refractivity contribution in [2.24, 2.45) is 0 Å². The lowest BCUT2D eigenvalue weighted by atomic mass is 10.1. The Morgan fingerprint density at radius 1 is 1.00 bits per heavy atom. The Morgan fingerprint density at radius 3 is 2.31 bits per heavy atom. The third-order valence-corrected chi connectivity index (χ3v) is 4.44. The number of ether oxygens (including phenoxy) is 2. The summed E-state index contributed by atoms with van der Waals surface area (Å²) >= 11 is 0. The Kier molecular flexibility index (Phi) is 5.78. The number of nitrogens with zero attached hydrogens (tertiary/aromatic N) is 2. The number of piperazine rings is 1. The molecule has 0 saturated carbocycles. The standard InChI is InChI=1S/C19H22F2N2O3/c1-25-18-12-14(2-7-17(18)26-19(20)21)13-22-8-10-23(11-9-22)15-3-5-16(24)6-4-15/h2-7,12,19,24H,8-11,13H2,1H3. The lowest BCUT2D eigenvalue weighted by Gasteiger charge is -2.36. The van der Waals surface area contributed by atoms with Crippen LogP contribution in [0.1, 0.15) is 5.56 Å². The molecule has 1 fully saturated rings. The Labute approximate surface area is 151 Å². The number of aromatic hydroxyl groups is 1. The molecule has 7 heteroatoms. The van der Waals surface area contributed by atoms with Crippen LogP contribution in [0.15, 0.2) is 42.5 Å². The molecule has 1 N–H and O–H groups in total. The van der Waals surface area contributed by atoms with Crippen molar-refractivity contribution < 1.29 is 23.4 Å². The molecule has 2 aromatic rings. The summed E-state index contributed by atoms with van der Waals surface area (Å²) in [5.41, 5.74) is 2.08. The second kappa shape index (κ2) is 8.23. The molecule has 0 radical (unpaired) electrons. The van der Waals surface area contributed by atoms with Gasteiger partial charge in [-0.25, -0.2) is 0 Å². The van der Waals surface area contributed by atoms with Crippen molar-refractivity contribution in [3.05, 3.63) is 48.0 Å². The van der Waals surface area contributed by atoms with E-state index in [2.05, 4.69) is 14.5 Å². The lowest BCUT2D eigenvalue weighted by Crippen LogP contribution is -2.45. The number of benzene rings is 2. The maximum absolute atomic E-state index is 12.4. The second-order valence-corrected chi connectivity index (χ2v) is 6.14. The predicted octanol–water partition coefficient (Wildman–Crippen LogP) is 3.32. The van der Waals surface area contributed by atoms with Gasteiger partial charge in [-0.05, 0) is 42.0 Å². The van der Waals surface area contributed by atoms with E-state index in [0.29, 0.717) is 5.75 Å². The molecule has 2 aromatic carbocycles. The van der Waals surface area contributed by atoms with E-state index >= 15 is 0 Å². The monoisotopic (exact) mass is 364 g/mol. The van der Waals surface area contributed by atoms with Crippen LogP contribution >= 0.6 is 0 Å². The van der Waals surface area contributed by atoms with Crippen LogP contribution in [0.5, 0.6) is 17.2 Å². The first kappa shape index (κ1) is 18.3. The van der Waals surface area contributed by atoms with Gasteiger partial charge in [0.2, 0.25) is 0 Å². The van der Waals surface area contributed by atoms with E-state index in [4.69, 9.17) is 4.74 Å². The van der Waals surface area contributed by atoms with E-state index in [-0.39, 0.29) is 11.5 Å². The molecule has 26 heavy (non-hydrogen) atoms. The van der Waals surface area contributed by atoms with E-state index in [0.717, 1.165) is 44.0 Å². The molecule has 5 nitrogen and oxygen atoms in total. The van der Waals surface area contributed by atoms with Crippen molar-refractivity contribution in [2.75, 3.05) is 38.2 Å². The van der Waals surface area contributed by atoms with Crippen LogP contribution in [0, 0.1) is 0 Å². The lowest BCUT2D eigenvalue weighted by molar-refractivity contribution is -0.0512. The summed E-state index contributed by atoms with van der Waals surface area (Å²) < 4.78 is 34.4. The normalized spacial score (nSPS) is 15.3. The van der Waals surface area contributed by atoms with Gasteiger partial charge in [0.25, 0.3) is 0 Å². The van der Waals surface area contributed by atoms with E-state index < -0.39 is 6.61 Å². The molecular formula is C19H22F2N2O3. The van der Waals surface area contributed by atoms with Crippen LogP contribution in [0.25, 0.3) is 0 Å². The van der Waals surface area contributed by atoms with E-state index in [9.17, 15) is 13.9 Å². The van der Waals surface area contributed by atoms with E-state index in [1.807, 2.05) is 12.1 Å². The van der Waals surface area contributed by atoms with Gasteiger partial charge in [-0.2, -0.15) is 8.78 Å². The van der Waals surface area contributed by atoms with Gasteiger partial charge in [-0.1, -0.05) is 6.07 Å². The SMILES string of the molecule is COc1cc(CN2CCN(c3ccc(O)cc3)CC2)ccc1OC(F)F.